The molecule has 0 atom stereocenters. The number of hydrogen-bond acceptors (Lipinski definition) is 4. The zero-order chi connectivity index (χ0) is 13.0. The molecule has 2 rings (SSSR count). The van der Waals surface area contributed by atoms with Crippen LogP contribution in [0.25, 0.3) is 0 Å². The zero-order valence-electron chi connectivity index (χ0n) is 10.5. The van der Waals surface area contributed by atoms with Crippen molar-refractivity contribution in [3.05, 3.63) is 41.3 Å². The van der Waals surface area contributed by atoms with Gasteiger partial charge in [0.05, 0.1) is 12.7 Å². The Morgan fingerprint density at radius 3 is 2.89 bits per heavy atom. The van der Waals surface area contributed by atoms with E-state index in [0.717, 1.165) is 30.0 Å². The standard InChI is InChI=1S/C13H15N5/c1-10-8-16-18(9-10)6-5-15-13-4-3-11(2)12(7-14)17-13/h3-4,8-9H,5-6H2,1-2H3,(H,15,17). The van der Waals surface area contributed by atoms with Gasteiger partial charge in [-0.25, -0.2) is 4.98 Å². The Bertz CT molecular complexity index is 579. The molecule has 0 saturated heterocycles. The summed E-state index contributed by atoms with van der Waals surface area (Å²) < 4.78 is 1.88. The SMILES string of the molecule is Cc1cnn(CCNc2ccc(C)c(C#N)n2)c1. The topological polar surface area (TPSA) is 66.5 Å². The quantitative estimate of drug-likeness (QED) is 0.887. The van der Waals surface area contributed by atoms with Gasteiger partial charge in [0.2, 0.25) is 0 Å². The Labute approximate surface area is 106 Å². The first kappa shape index (κ1) is 12.1. The second-order valence-electron chi connectivity index (χ2n) is 4.18. The molecule has 0 aliphatic heterocycles. The van der Waals surface area contributed by atoms with Gasteiger partial charge in [-0.1, -0.05) is 6.07 Å². The number of nitrogens with zero attached hydrogens (tertiary/aromatic N) is 4. The van der Waals surface area contributed by atoms with Crippen molar-refractivity contribution in [3.63, 3.8) is 0 Å². The number of hydrogen-bond donors (Lipinski definition) is 1. The van der Waals surface area contributed by atoms with E-state index in [1.54, 1.807) is 0 Å². The second-order valence-corrected chi connectivity index (χ2v) is 4.18. The van der Waals surface area contributed by atoms with E-state index >= 15 is 0 Å². The van der Waals surface area contributed by atoms with Gasteiger partial charge in [0.25, 0.3) is 0 Å². The van der Waals surface area contributed by atoms with Gasteiger partial charge in [0.15, 0.2) is 0 Å². The molecule has 0 aromatic carbocycles. The highest BCUT2D eigenvalue weighted by molar-refractivity contribution is 5.42. The maximum absolute atomic E-state index is 8.89. The zero-order valence-corrected chi connectivity index (χ0v) is 10.5. The number of aromatic nitrogens is 3. The van der Waals surface area contributed by atoms with Crippen LogP contribution < -0.4 is 5.32 Å². The molecule has 0 unspecified atom stereocenters. The van der Waals surface area contributed by atoms with Gasteiger partial charge < -0.3 is 5.32 Å². The fraction of sp³-hybridized carbons (Fsp3) is 0.308. The molecule has 5 heteroatoms. The van der Waals surface area contributed by atoms with Crippen molar-refractivity contribution in [3.8, 4) is 6.07 Å². The fourth-order valence-corrected chi connectivity index (χ4v) is 1.63. The first-order valence-corrected chi connectivity index (χ1v) is 5.80. The highest BCUT2D eigenvalue weighted by Crippen LogP contribution is 2.09. The van der Waals surface area contributed by atoms with Crippen LogP contribution in [0, 0.1) is 25.2 Å². The molecule has 0 saturated carbocycles. The Hall–Kier alpha value is -2.35. The third kappa shape index (κ3) is 2.86. The van der Waals surface area contributed by atoms with Crippen molar-refractivity contribution < 1.29 is 0 Å². The highest BCUT2D eigenvalue weighted by Gasteiger charge is 2.01. The van der Waals surface area contributed by atoms with Gasteiger partial charge >= 0.3 is 0 Å². The Balaban J connectivity index is 1.93. The molecular weight excluding hydrogens is 226 g/mol. The predicted octanol–water partition coefficient (Wildman–Crippen LogP) is 1.88. The summed E-state index contributed by atoms with van der Waals surface area (Å²) in [6.07, 6.45) is 3.82. The Kier molecular flexibility index (Phi) is 3.58. The lowest BCUT2D eigenvalue weighted by Crippen LogP contribution is -2.12. The van der Waals surface area contributed by atoms with Crippen LogP contribution in [0.1, 0.15) is 16.8 Å². The number of aryl methyl sites for hydroxylation is 2. The summed E-state index contributed by atoms with van der Waals surface area (Å²) >= 11 is 0. The van der Waals surface area contributed by atoms with Crippen LogP contribution >= 0.6 is 0 Å². The number of anilines is 1. The minimum Gasteiger partial charge on any atom is -0.368 e. The third-order valence-corrected chi connectivity index (χ3v) is 2.61. The fourth-order valence-electron chi connectivity index (χ4n) is 1.63. The van der Waals surface area contributed by atoms with Crippen LogP contribution in [-0.4, -0.2) is 21.3 Å². The van der Waals surface area contributed by atoms with E-state index < -0.39 is 0 Å². The van der Waals surface area contributed by atoms with Gasteiger partial charge in [-0.2, -0.15) is 10.4 Å². The summed E-state index contributed by atoms with van der Waals surface area (Å²) in [7, 11) is 0. The van der Waals surface area contributed by atoms with E-state index in [1.807, 2.05) is 43.1 Å². The van der Waals surface area contributed by atoms with Crippen molar-refractivity contribution in [2.45, 2.75) is 20.4 Å². The van der Waals surface area contributed by atoms with Crippen LogP contribution in [0.4, 0.5) is 5.82 Å². The first-order valence-electron chi connectivity index (χ1n) is 5.80. The molecule has 0 spiro atoms. The van der Waals surface area contributed by atoms with Gasteiger partial charge in [-0.3, -0.25) is 4.68 Å². The van der Waals surface area contributed by atoms with E-state index in [-0.39, 0.29) is 0 Å². The maximum Gasteiger partial charge on any atom is 0.145 e. The van der Waals surface area contributed by atoms with E-state index in [1.165, 1.54) is 0 Å². The molecule has 0 amide bonds. The van der Waals surface area contributed by atoms with Gasteiger partial charge in [-0.15, -0.1) is 0 Å². The molecule has 0 fully saturated rings. The van der Waals surface area contributed by atoms with Gasteiger partial charge in [0.1, 0.15) is 17.6 Å². The molecule has 92 valence electrons. The number of rotatable bonds is 4. The average Bonchev–Trinajstić information content (AvgIpc) is 2.77. The number of pyridine rings is 1. The molecular formula is C13H15N5. The molecule has 18 heavy (non-hydrogen) atoms. The smallest absolute Gasteiger partial charge is 0.145 e. The Morgan fingerprint density at radius 1 is 1.39 bits per heavy atom. The van der Waals surface area contributed by atoms with Crippen molar-refractivity contribution in [1.29, 1.82) is 5.26 Å². The van der Waals surface area contributed by atoms with Crippen LogP contribution in [0.15, 0.2) is 24.5 Å². The summed E-state index contributed by atoms with van der Waals surface area (Å²) in [6, 6.07) is 5.85. The van der Waals surface area contributed by atoms with E-state index in [0.29, 0.717) is 5.69 Å². The lowest BCUT2D eigenvalue weighted by molar-refractivity contribution is 0.636. The molecule has 2 aromatic rings. The van der Waals surface area contributed by atoms with Crippen LogP contribution in [0.3, 0.4) is 0 Å². The monoisotopic (exact) mass is 241 g/mol. The van der Waals surface area contributed by atoms with Crippen molar-refractivity contribution >= 4 is 5.82 Å². The summed E-state index contributed by atoms with van der Waals surface area (Å²) in [6.45, 7) is 5.38. The van der Waals surface area contributed by atoms with Crippen LogP contribution in [0.5, 0.6) is 0 Å². The van der Waals surface area contributed by atoms with E-state index in [9.17, 15) is 0 Å². The molecule has 0 bridgehead atoms. The van der Waals surface area contributed by atoms with Crippen molar-refractivity contribution in [2.75, 3.05) is 11.9 Å². The molecule has 0 aliphatic carbocycles. The lowest BCUT2D eigenvalue weighted by atomic mass is 10.2. The molecule has 2 aromatic heterocycles. The second kappa shape index (κ2) is 5.32. The lowest BCUT2D eigenvalue weighted by Gasteiger charge is -2.06. The summed E-state index contributed by atoms with van der Waals surface area (Å²) in [5.41, 5.74) is 2.51. The third-order valence-electron chi connectivity index (χ3n) is 2.61. The maximum atomic E-state index is 8.89. The van der Waals surface area contributed by atoms with E-state index in [2.05, 4.69) is 21.5 Å². The van der Waals surface area contributed by atoms with Gasteiger partial charge in [-0.05, 0) is 31.0 Å². The molecule has 2 heterocycles. The summed E-state index contributed by atoms with van der Waals surface area (Å²) in [4.78, 5) is 4.23. The molecule has 1 N–H and O–H groups in total. The highest BCUT2D eigenvalue weighted by atomic mass is 15.3. The Morgan fingerprint density at radius 2 is 2.22 bits per heavy atom. The first-order chi connectivity index (χ1) is 8.69. The van der Waals surface area contributed by atoms with Crippen molar-refractivity contribution in [1.82, 2.24) is 14.8 Å². The van der Waals surface area contributed by atoms with Gasteiger partial charge in [0, 0.05) is 12.7 Å². The normalized spacial score (nSPS) is 10.1. The number of nitriles is 1. The van der Waals surface area contributed by atoms with Crippen molar-refractivity contribution in [2.24, 2.45) is 0 Å². The molecule has 0 aliphatic rings. The minimum atomic E-state index is 0.468. The summed E-state index contributed by atoms with van der Waals surface area (Å²) in [5.74, 6) is 0.723. The summed E-state index contributed by atoms with van der Waals surface area (Å²) in [5, 5.41) is 16.3. The van der Waals surface area contributed by atoms with Crippen LogP contribution in [-0.2, 0) is 6.54 Å². The van der Waals surface area contributed by atoms with Crippen LogP contribution in [0.2, 0.25) is 0 Å². The predicted molar refractivity (Wildman–Crippen MR) is 69.1 cm³/mol. The minimum absolute atomic E-state index is 0.468. The largest absolute Gasteiger partial charge is 0.368 e. The number of nitrogens with one attached hydrogen (secondary N) is 1. The molecule has 5 nitrogen and oxygen atoms in total. The average molecular weight is 241 g/mol. The molecule has 0 radical (unpaired) electrons. The van der Waals surface area contributed by atoms with E-state index in [4.69, 9.17) is 5.26 Å².